The van der Waals surface area contributed by atoms with Gasteiger partial charge in [0, 0.05) is 12.1 Å². The maximum absolute atomic E-state index is 11.6. The standard InChI is InChI=1S/C13H8O7/c1-2-8(14)17-4-3-9(15)19-11-7-5-6-10(18-7)12(11)20-13(6)16/h2,5H,1,3-4H2. The number of esters is 3. The van der Waals surface area contributed by atoms with Crippen molar-refractivity contribution in [3.8, 4) is 11.5 Å². The molecule has 0 saturated heterocycles. The van der Waals surface area contributed by atoms with Crippen molar-refractivity contribution in [3.63, 3.8) is 0 Å². The van der Waals surface area contributed by atoms with E-state index < -0.39 is 17.9 Å². The Balaban J connectivity index is 1.64. The Kier molecular flexibility index (Phi) is 2.67. The van der Waals surface area contributed by atoms with Gasteiger partial charge in [0.05, 0.1) is 6.42 Å². The molecule has 0 atom stereocenters. The zero-order chi connectivity index (χ0) is 14.3. The molecule has 0 fully saturated rings. The lowest BCUT2D eigenvalue weighted by atomic mass is 10.2. The number of carbonyl (C=O) groups is 3. The molecule has 2 aromatic heterocycles. The summed E-state index contributed by atoms with van der Waals surface area (Å²) in [5, 5.41) is 0. The van der Waals surface area contributed by atoms with Crippen LogP contribution in [-0.2, 0) is 14.3 Å². The summed E-state index contributed by atoms with van der Waals surface area (Å²) in [4.78, 5) is 33.7. The quantitative estimate of drug-likeness (QED) is 0.463. The SMILES string of the molecule is C=CC(=O)OCCC(=O)Oc1c2c3oc1cc3C(=O)O2. The van der Waals surface area contributed by atoms with Crippen LogP contribution in [0.25, 0.3) is 11.2 Å². The molecule has 3 heterocycles. The van der Waals surface area contributed by atoms with Gasteiger partial charge in [0.1, 0.15) is 12.2 Å². The van der Waals surface area contributed by atoms with Crippen molar-refractivity contribution in [1.29, 1.82) is 0 Å². The second-order valence-corrected chi connectivity index (χ2v) is 4.00. The summed E-state index contributed by atoms with van der Waals surface area (Å²) in [6, 6.07) is 1.45. The van der Waals surface area contributed by atoms with Crippen LogP contribution in [0, 0.1) is 0 Å². The highest BCUT2D eigenvalue weighted by atomic mass is 16.6. The van der Waals surface area contributed by atoms with Gasteiger partial charge in [-0.3, -0.25) is 4.79 Å². The molecule has 0 radical (unpaired) electrons. The second kappa shape index (κ2) is 4.37. The summed E-state index contributed by atoms with van der Waals surface area (Å²) in [7, 11) is 0. The molecule has 0 spiro atoms. The van der Waals surface area contributed by atoms with E-state index in [1.807, 2.05) is 0 Å². The lowest BCUT2D eigenvalue weighted by molar-refractivity contribution is -0.141. The van der Waals surface area contributed by atoms with E-state index in [0.29, 0.717) is 5.56 Å². The molecule has 1 aliphatic heterocycles. The lowest BCUT2D eigenvalue weighted by Gasteiger charge is -2.03. The number of rotatable bonds is 5. The van der Waals surface area contributed by atoms with Crippen molar-refractivity contribution in [3.05, 3.63) is 24.3 Å². The topological polar surface area (TPSA) is 92.0 Å². The minimum atomic E-state index is -0.633. The van der Waals surface area contributed by atoms with Crippen molar-refractivity contribution < 1.29 is 33.0 Å². The third-order valence-corrected chi connectivity index (χ3v) is 2.72. The first-order valence-electron chi connectivity index (χ1n) is 5.71. The Labute approximate surface area is 112 Å². The van der Waals surface area contributed by atoms with Crippen LogP contribution in [0.4, 0.5) is 0 Å². The summed E-state index contributed by atoms with van der Waals surface area (Å²) in [5.41, 5.74) is 0.882. The maximum atomic E-state index is 11.6. The maximum Gasteiger partial charge on any atom is 0.347 e. The van der Waals surface area contributed by atoms with Crippen LogP contribution in [-0.4, -0.2) is 24.5 Å². The molecule has 2 bridgehead atoms. The van der Waals surface area contributed by atoms with Crippen molar-refractivity contribution in [2.24, 2.45) is 0 Å². The van der Waals surface area contributed by atoms with Crippen LogP contribution >= 0.6 is 0 Å². The van der Waals surface area contributed by atoms with E-state index in [-0.39, 0.29) is 35.7 Å². The summed E-state index contributed by atoms with van der Waals surface area (Å²) in [5.74, 6) is -1.58. The van der Waals surface area contributed by atoms with Gasteiger partial charge >= 0.3 is 17.9 Å². The number of ether oxygens (including phenoxy) is 3. The number of benzene rings is 1. The Hall–Kier alpha value is -2.83. The monoisotopic (exact) mass is 276 g/mol. The van der Waals surface area contributed by atoms with Crippen molar-refractivity contribution >= 4 is 29.1 Å². The predicted molar refractivity (Wildman–Crippen MR) is 63.8 cm³/mol. The molecule has 7 nitrogen and oxygen atoms in total. The van der Waals surface area contributed by atoms with E-state index in [9.17, 15) is 14.4 Å². The summed E-state index contributed by atoms with van der Waals surface area (Å²) >= 11 is 0. The zero-order valence-corrected chi connectivity index (χ0v) is 10.1. The zero-order valence-electron chi connectivity index (χ0n) is 10.1. The summed E-state index contributed by atoms with van der Waals surface area (Å²) in [6.45, 7) is 3.10. The predicted octanol–water partition coefficient (Wildman–Crippen LogP) is 1.43. The Bertz CT molecular complexity index is 724. The molecule has 0 unspecified atom stereocenters. The molecule has 1 aliphatic rings. The van der Waals surface area contributed by atoms with Gasteiger partial charge in [-0.1, -0.05) is 6.58 Å². The summed E-state index contributed by atoms with van der Waals surface area (Å²) in [6.07, 6.45) is 0.861. The molecule has 20 heavy (non-hydrogen) atoms. The van der Waals surface area contributed by atoms with Crippen LogP contribution in [0.15, 0.2) is 23.1 Å². The highest BCUT2D eigenvalue weighted by Crippen LogP contribution is 2.49. The Morgan fingerprint density at radius 2 is 2.20 bits per heavy atom. The average molecular weight is 276 g/mol. The van der Waals surface area contributed by atoms with Gasteiger partial charge in [-0.2, -0.15) is 0 Å². The fraction of sp³-hybridized carbons (Fsp3) is 0.154. The normalized spacial score (nSPS) is 12.5. The number of furan rings is 2. The first-order valence-corrected chi connectivity index (χ1v) is 5.71. The highest BCUT2D eigenvalue weighted by molar-refractivity contribution is 6.10. The summed E-state index contributed by atoms with van der Waals surface area (Å²) < 4.78 is 19.9. The van der Waals surface area contributed by atoms with Gasteiger partial charge in [-0.15, -0.1) is 0 Å². The van der Waals surface area contributed by atoms with Gasteiger partial charge in [-0.25, -0.2) is 9.59 Å². The van der Waals surface area contributed by atoms with Crippen LogP contribution in [0.3, 0.4) is 0 Å². The van der Waals surface area contributed by atoms with E-state index in [0.717, 1.165) is 6.08 Å². The van der Waals surface area contributed by atoms with Crippen LogP contribution in [0.2, 0.25) is 0 Å². The molecule has 0 saturated carbocycles. The van der Waals surface area contributed by atoms with Gasteiger partial charge < -0.3 is 18.6 Å². The molecule has 3 rings (SSSR count). The molecule has 0 aliphatic carbocycles. The lowest BCUT2D eigenvalue weighted by Crippen LogP contribution is -2.13. The second-order valence-electron chi connectivity index (χ2n) is 4.00. The molecule has 0 N–H and O–H groups in total. The van der Waals surface area contributed by atoms with E-state index in [2.05, 4.69) is 11.3 Å². The molecule has 0 amide bonds. The molecule has 0 aromatic carbocycles. The molecular formula is C13H8O7. The Morgan fingerprint density at radius 1 is 1.40 bits per heavy atom. The molecular weight excluding hydrogens is 268 g/mol. The minimum absolute atomic E-state index is 0.0784. The number of hydrogen-bond acceptors (Lipinski definition) is 7. The third kappa shape index (κ3) is 1.80. The van der Waals surface area contributed by atoms with Crippen LogP contribution < -0.4 is 9.47 Å². The fourth-order valence-corrected chi connectivity index (χ4v) is 1.83. The molecule has 2 aromatic rings. The smallest absolute Gasteiger partial charge is 0.347 e. The van der Waals surface area contributed by atoms with Gasteiger partial charge in [0.25, 0.3) is 0 Å². The minimum Gasteiger partial charge on any atom is -0.462 e. The highest BCUT2D eigenvalue weighted by Gasteiger charge is 2.36. The van der Waals surface area contributed by atoms with Crippen molar-refractivity contribution in [2.45, 2.75) is 6.42 Å². The van der Waals surface area contributed by atoms with Gasteiger partial charge in [0.2, 0.25) is 11.5 Å². The van der Waals surface area contributed by atoms with E-state index in [1.54, 1.807) is 0 Å². The molecule has 102 valence electrons. The van der Waals surface area contributed by atoms with Gasteiger partial charge in [0.15, 0.2) is 11.2 Å². The van der Waals surface area contributed by atoms with E-state index in [1.165, 1.54) is 6.07 Å². The van der Waals surface area contributed by atoms with Crippen LogP contribution in [0.5, 0.6) is 11.5 Å². The first kappa shape index (κ1) is 12.2. The Morgan fingerprint density at radius 3 is 2.95 bits per heavy atom. The third-order valence-electron chi connectivity index (χ3n) is 2.72. The largest absolute Gasteiger partial charge is 0.462 e. The van der Waals surface area contributed by atoms with E-state index >= 15 is 0 Å². The van der Waals surface area contributed by atoms with Crippen molar-refractivity contribution in [2.75, 3.05) is 6.61 Å². The van der Waals surface area contributed by atoms with Crippen LogP contribution in [0.1, 0.15) is 16.8 Å². The average Bonchev–Trinajstić information content (AvgIpc) is 3.03. The molecule has 7 heteroatoms. The van der Waals surface area contributed by atoms with Gasteiger partial charge in [-0.05, 0) is 0 Å². The first-order chi connectivity index (χ1) is 9.60. The fourth-order valence-electron chi connectivity index (χ4n) is 1.83. The van der Waals surface area contributed by atoms with E-state index in [4.69, 9.17) is 13.9 Å². The van der Waals surface area contributed by atoms with Crippen molar-refractivity contribution in [1.82, 2.24) is 0 Å². The number of carbonyl (C=O) groups excluding carboxylic acids is 3. The number of hydrogen-bond donors (Lipinski definition) is 0. The number of fused-ring (bicyclic) bond motifs is 1.